The Morgan fingerprint density at radius 1 is 1.28 bits per heavy atom. The second-order valence-electron chi connectivity index (χ2n) is 5.53. The van der Waals surface area contributed by atoms with Crippen molar-refractivity contribution in [2.75, 3.05) is 32.8 Å². The second-order valence-corrected chi connectivity index (χ2v) is 7.51. The minimum absolute atomic E-state index is 0.244. The van der Waals surface area contributed by atoms with Crippen molar-refractivity contribution < 1.29 is 22.6 Å². The van der Waals surface area contributed by atoms with E-state index in [1.807, 2.05) is 0 Å². The van der Waals surface area contributed by atoms with Crippen molar-refractivity contribution in [1.82, 2.24) is 24.2 Å². The summed E-state index contributed by atoms with van der Waals surface area (Å²) in [6, 6.07) is 0. The summed E-state index contributed by atoms with van der Waals surface area (Å²) in [6.45, 7) is 0. The van der Waals surface area contributed by atoms with Crippen molar-refractivity contribution in [1.29, 1.82) is 0 Å². The number of nitrogen functional groups attached to an aromatic ring is 1. The molecule has 0 saturated carbocycles. The number of nitrogens with two attached hydrogens (primary N) is 1. The quantitative estimate of drug-likeness (QED) is 0.644. The zero-order valence-electron chi connectivity index (χ0n) is 14.0. The van der Waals surface area contributed by atoms with E-state index in [9.17, 15) is 8.42 Å². The average molecular weight is 372 g/mol. The zero-order valence-corrected chi connectivity index (χ0v) is 14.8. The lowest BCUT2D eigenvalue weighted by atomic mass is 10.1. The molecule has 0 aliphatic carbocycles. The molecular formula is C13H20N6O5S. The number of fused-ring (bicyclic) bond motifs is 1. The molecular weight excluding hydrogens is 352 g/mol. The Hall–Kier alpha value is -1.86. The van der Waals surface area contributed by atoms with Gasteiger partial charge in [0.15, 0.2) is 17.7 Å². The van der Waals surface area contributed by atoms with E-state index in [4.69, 9.17) is 19.9 Å². The summed E-state index contributed by atoms with van der Waals surface area (Å²) in [5.74, 6) is -0.0180. The van der Waals surface area contributed by atoms with Gasteiger partial charge in [-0.05, 0) is 7.05 Å². The molecule has 3 heterocycles. The molecule has 25 heavy (non-hydrogen) atoms. The van der Waals surface area contributed by atoms with E-state index in [0.717, 1.165) is 0 Å². The molecule has 2 aromatic rings. The summed E-state index contributed by atoms with van der Waals surface area (Å²) < 4.78 is 44.7. The lowest BCUT2D eigenvalue weighted by molar-refractivity contribution is -0.0505. The number of rotatable bonds is 6. The largest absolute Gasteiger partial charge is 0.382 e. The zero-order chi connectivity index (χ0) is 18.2. The first-order valence-electron chi connectivity index (χ1n) is 7.47. The van der Waals surface area contributed by atoms with Gasteiger partial charge in [0.2, 0.25) is 10.0 Å². The first-order valence-corrected chi connectivity index (χ1v) is 9.12. The van der Waals surface area contributed by atoms with E-state index >= 15 is 0 Å². The Morgan fingerprint density at radius 2 is 2.00 bits per heavy atom. The Balaban J connectivity index is 1.99. The van der Waals surface area contributed by atoms with E-state index in [1.54, 1.807) is 4.57 Å². The number of ether oxygens (including phenoxy) is 3. The van der Waals surface area contributed by atoms with Crippen molar-refractivity contribution in [2.45, 2.75) is 24.5 Å². The molecule has 11 nitrogen and oxygen atoms in total. The maximum absolute atomic E-state index is 11.9. The van der Waals surface area contributed by atoms with Crippen LogP contribution in [0.1, 0.15) is 6.23 Å². The highest BCUT2D eigenvalue weighted by molar-refractivity contribution is 7.89. The van der Waals surface area contributed by atoms with Crippen LogP contribution in [0.25, 0.3) is 11.2 Å². The molecule has 3 N–H and O–H groups in total. The van der Waals surface area contributed by atoms with Crippen LogP contribution in [-0.4, -0.2) is 73.3 Å². The predicted molar refractivity (Wildman–Crippen MR) is 88.1 cm³/mol. The van der Waals surface area contributed by atoms with Gasteiger partial charge in [-0.1, -0.05) is 0 Å². The predicted octanol–water partition coefficient (Wildman–Crippen LogP) is -1.11. The van der Waals surface area contributed by atoms with E-state index in [-0.39, 0.29) is 11.6 Å². The Bertz CT molecular complexity index is 856. The maximum Gasteiger partial charge on any atom is 0.214 e. The van der Waals surface area contributed by atoms with Gasteiger partial charge in [0.25, 0.3) is 0 Å². The molecule has 0 radical (unpaired) electrons. The van der Waals surface area contributed by atoms with Crippen molar-refractivity contribution in [3.8, 4) is 0 Å². The maximum atomic E-state index is 11.9. The van der Waals surface area contributed by atoms with E-state index in [1.165, 1.54) is 33.9 Å². The molecule has 138 valence electrons. The molecule has 0 unspecified atom stereocenters. The van der Waals surface area contributed by atoms with Gasteiger partial charge >= 0.3 is 0 Å². The summed E-state index contributed by atoms with van der Waals surface area (Å²) in [6.07, 6.45) is 0.281. The number of sulfonamides is 1. The van der Waals surface area contributed by atoms with Crippen molar-refractivity contribution in [2.24, 2.45) is 0 Å². The minimum atomic E-state index is -3.50. The monoisotopic (exact) mass is 372 g/mol. The average Bonchev–Trinajstić information content (AvgIpc) is 3.15. The van der Waals surface area contributed by atoms with Crippen LogP contribution >= 0.6 is 0 Å². The highest BCUT2D eigenvalue weighted by atomic mass is 32.2. The van der Waals surface area contributed by atoms with Crippen LogP contribution in [0.15, 0.2) is 12.7 Å². The standard InChI is InChI=1S/C13H20N6O5S/c1-15-25(20,21)4-7-9(22-2)10(23-3)13(24-7)19-6-18-8-11(14)16-5-17-12(8)19/h5-7,9-10,13,15H,4H2,1-3H3,(H2,14,16,17)/t7-,9-,10-,13-/m1/s1. The number of anilines is 1. The first kappa shape index (κ1) is 17.9. The highest BCUT2D eigenvalue weighted by Crippen LogP contribution is 2.35. The smallest absolute Gasteiger partial charge is 0.214 e. The topological polar surface area (TPSA) is 143 Å². The first-order chi connectivity index (χ1) is 11.9. The Morgan fingerprint density at radius 3 is 2.64 bits per heavy atom. The number of imidazole rings is 1. The van der Waals surface area contributed by atoms with Gasteiger partial charge in [0, 0.05) is 14.2 Å². The van der Waals surface area contributed by atoms with Crippen LogP contribution in [0.4, 0.5) is 5.82 Å². The molecule has 1 aliphatic heterocycles. The SMILES string of the molecule is CNS(=O)(=O)C[C@H]1O[C@@H](n2cnc3c(N)ncnc32)[C@H](OC)[C@@H]1OC. The van der Waals surface area contributed by atoms with Crippen LogP contribution in [0.3, 0.4) is 0 Å². The fraction of sp³-hybridized carbons (Fsp3) is 0.615. The summed E-state index contributed by atoms with van der Waals surface area (Å²) in [5, 5.41) is 0. The number of nitrogens with one attached hydrogen (secondary N) is 1. The molecule has 3 rings (SSSR count). The minimum Gasteiger partial charge on any atom is -0.382 e. The molecule has 12 heteroatoms. The summed E-state index contributed by atoms with van der Waals surface area (Å²) in [7, 11) is 0.832. The summed E-state index contributed by atoms with van der Waals surface area (Å²) in [5.41, 5.74) is 6.70. The number of methoxy groups -OCH3 is 2. The molecule has 2 aromatic heterocycles. The number of nitrogens with zero attached hydrogens (tertiary/aromatic N) is 4. The van der Waals surface area contributed by atoms with Crippen LogP contribution in [0.5, 0.6) is 0 Å². The van der Waals surface area contributed by atoms with E-state index < -0.39 is 34.6 Å². The third kappa shape index (κ3) is 3.18. The number of hydrogen-bond donors (Lipinski definition) is 2. The van der Waals surface area contributed by atoms with E-state index in [2.05, 4.69) is 19.7 Å². The molecule has 1 fully saturated rings. The number of aromatic nitrogens is 4. The molecule has 4 atom stereocenters. The fourth-order valence-corrected chi connectivity index (χ4v) is 3.83. The van der Waals surface area contributed by atoms with Gasteiger partial charge < -0.3 is 19.9 Å². The van der Waals surface area contributed by atoms with Gasteiger partial charge in [-0.15, -0.1) is 0 Å². The molecule has 0 bridgehead atoms. The normalized spacial score (nSPS) is 27.2. The van der Waals surface area contributed by atoms with Crippen molar-refractivity contribution in [3.05, 3.63) is 12.7 Å². The van der Waals surface area contributed by atoms with Crippen LogP contribution < -0.4 is 10.5 Å². The van der Waals surface area contributed by atoms with Crippen LogP contribution in [0, 0.1) is 0 Å². The van der Waals surface area contributed by atoms with Crippen LogP contribution in [0.2, 0.25) is 0 Å². The Kier molecular flexibility index (Phi) is 4.88. The van der Waals surface area contributed by atoms with Gasteiger partial charge in [-0.25, -0.2) is 28.1 Å². The highest BCUT2D eigenvalue weighted by Gasteiger charge is 2.48. The van der Waals surface area contributed by atoms with Gasteiger partial charge in [-0.2, -0.15) is 0 Å². The van der Waals surface area contributed by atoms with Crippen molar-refractivity contribution in [3.63, 3.8) is 0 Å². The summed E-state index contributed by atoms with van der Waals surface area (Å²) in [4.78, 5) is 12.3. The van der Waals surface area contributed by atoms with Gasteiger partial charge in [0.05, 0.1) is 12.1 Å². The summed E-state index contributed by atoms with van der Waals surface area (Å²) >= 11 is 0. The Labute approximate surface area is 144 Å². The molecule has 0 spiro atoms. The van der Waals surface area contributed by atoms with E-state index in [0.29, 0.717) is 11.2 Å². The van der Waals surface area contributed by atoms with Crippen LogP contribution in [-0.2, 0) is 24.2 Å². The van der Waals surface area contributed by atoms with Gasteiger partial charge in [0.1, 0.15) is 30.2 Å². The third-order valence-electron chi connectivity index (χ3n) is 4.19. The lowest BCUT2D eigenvalue weighted by Gasteiger charge is -2.22. The van der Waals surface area contributed by atoms with Gasteiger partial charge in [-0.3, -0.25) is 4.57 Å². The molecule has 1 aliphatic rings. The fourth-order valence-electron chi connectivity index (χ4n) is 2.96. The lowest BCUT2D eigenvalue weighted by Crippen LogP contribution is -2.40. The second kappa shape index (κ2) is 6.80. The van der Waals surface area contributed by atoms with Crippen molar-refractivity contribution >= 4 is 27.0 Å². The molecule has 0 amide bonds. The molecule has 0 aromatic carbocycles. The molecule has 1 saturated heterocycles. The third-order valence-corrected chi connectivity index (χ3v) is 5.58. The number of hydrogen-bond acceptors (Lipinski definition) is 9.